The summed E-state index contributed by atoms with van der Waals surface area (Å²) in [6.45, 7) is 6.09. The number of carbonyl (C=O) groups excluding carboxylic acids is 3. The maximum atomic E-state index is 12.7. The molecule has 0 aliphatic rings. The van der Waals surface area contributed by atoms with Gasteiger partial charge in [-0.15, -0.1) is 0 Å². The van der Waals surface area contributed by atoms with Crippen molar-refractivity contribution in [1.82, 2.24) is 0 Å². The van der Waals surface area contributed by atoms with Crippen molar-refractivity contribution in [1.29, 1.82) is 0 Å². The minimum Gasteiger partial charge on any atom is -0.462 e. The van der Waals surface area contributed by atoms with Gasteiger partial charge in [-0.3, -0.25) is 14.4 Å². The number of ether oxygens (including phenoxy) is 3. The average Bonchev–Trinajstić information content (AvgIpc) is 3.17. The Balaban J connectivity index is 4.54. The van der Waals surface area contributed by atoms with E-state index in [2.05, 4.69) is 112 Å². The second-order valence-corrected chi connectivity index (χ2v) is 13.2. The van der Waals surface area contributed by atoms with Gasteiger partial charge >= 0.3 is 17.9 Å². The van der Waals surface area contributed by atoms with Crippen LogP contribution in [0.15, 0.2) is 109 Å². The van der Waals surface area contributed by atoms with Gasteiger partial charge in [0.05, 0.1) is 6.42 Å². The fourth-order valence-electron chi connectivity index (χ4n) is 5.04. The van der Waals surface area contributed by atoms with Crippen molar-refractivity contribution in [3.05, 3.63) is 109 Å². The van der Waals surface area contributed by atoms with Crippen LogP contribution in [0.4, 0.5) is 0 Å². The van der Waals surface area contributed by atoms with Gasteiger partial charge in [-0.25, -0.2) is 0 Å². The van der Waals surface area contributed by atoms with Gasteiger partial charge in [0.1, 0.15) is 13.2 Å². The lowest BCUT2D eigenvalue weighted by atomic mass is 10.1. The zero-order chi connectivity index (χ0) is 39.4. The van der Waals surface area contributed by atoms with E-state index in [0.717, 1.165) is 116 Å². The average molecular weight is 747 g/mol. The normalized spacial score (nSPS) is 13.2. The van der Waals surface area contributed by atoms with Crippen LogP contribution in [0.25, 0.3) is 0 Å². The standard InChI is InChI=1S/C48H74O6/c1-4-7-10-13-16-19-21-23-25-26-29-32-35-38-41-47(50)53-44-45(43-52-46(49)40-37-34-31-28-18-15-12-9-6-3)54-48(51)42-39-36-33-30-27-24-22-20-17-14-11-8-5-2/h7-12,14,16-20,22-23,25,28,34,37,45H,4-6,13,15,21,24,26-27,29-33,35-36,38-44H2,1-3H3/b10-7-,11-8-,12-9-,17-14-,19-16-,22-20-,25-23-,28-18-,37-34-. The van der Waals surface area contributed by atoms with Crippen molar-refractivity contribution in [2.24, 2.45) is 0 Å². The van der Waals surface area contributed by atoms with Gasteiger partial charge in [0, 0.05) is 12.8 Å². The molecule has 6 nitrogen and oxygen atoms in total. The highest BCUT2D eigenvalue weighted by molar-refractivity contribution is 5.72. The summed E-state index contributed by atoms with van der Waals surface area (Å²) in [5.74, 6) is -1.12. The summed E-state index contributed by atoms with van der Waals surface area (Å²) >= 11 is 0. The molecule has 1 atom stereocenters. The zero-order valence-corrected chi connectivity index (χ0v) is 34.2. The van der Waals surface area contributed by atoms with Crippen LogP contribution in [0.3, 0.4) is 0 Å². The van der Waals surface area contributed by atoms with Gasteiger partial charge in [-0.2, -0.15) is 0 Å². The van der Waals surface area contributed by atoms with Gasteiger partial charge in [0.15, 0.2) is 6.10 Å². The van der Waals surface area contributed by atoms with Crippen LogP contribution in [0.5, 0.6) is 0 Å². The van der Waals surface area contributed by atoms with E-state index in [-0.39, 0.29) is 38.0 Å². The molecule has 0 spiro atoms. The van der Waals surface area contributed by atoms with E-state index in [1.807, 2.05) is 12.2 Å². The van der Waals surface area contributed by atoms with Crippen LogP contribution in [0, 0.1) is 0 Å². The molecule has 0 radical (unpaired) electrons. The number of hydrogen-bond acceptors (Lipinski definition) is 6. The molecule has 302 valence electrons. The predicted octanol–water partition coefficient (Wildman–Crippen LogP) is 13.2. The third-order valence-corrected chi connectivity index (χ3v) is 8.10. The molecule has 54 heavy (non-hydrogen) atoms. The summed E-state index contributed by atoms with van der Waals surface area (Å²) < 4.78 is 16.5. The third kappa shape index (κ3) is 39.3. The number of unbranched alkanes of at least 4 members (excludes halogenated alkanes) is 9. The van der Waals surface area contributed by atoms with Crippen molar-refractivity contribution >= 4 is 17.9 Å². The van der Waals surface area contributed by atoms with Gasteiger partial charge in [-0.1, -0.05) is 162 Å². The monoisotopic (exact) mass is 747 g/mol. The second kappa shape index (κ2) is 41.8. The predicted molar refractivity (Wildman–Crippen MR) is 228 cm³/mol. The maximum absolute atomic E-state index is 12.7. The first-order valence-electron chi connectivity index (χ1n) is 20.9. The molecule has 0 fully saturated rings. The molecular formula is C48H74O6. The first kappa shape index (κ1) is 50.1. The number of esters is 3. The molecule has 0 rings (SSSR count). The van der Waals surface area contributed by atoms with E-state index in [1.54, 1.807) is 6.08 Å². The molecule has 0 saturated carbocycles. The number of carbonyl (C=O) groups is 3. The highest BCUT2D eigenvalue weighted by Gasteiger charge is 2.19. The molecule has 1 unspecified atom stereocenters. The Morgan fingerprint density at radius 1 is 0.407 bits per heavy atom. The first-order chi connectivity index (χ1) is 26.5. The van der Waals surface area contributed by atoms with Crippen LogP contribution in [0.2, 0.25) is 0 Å². The molecule has 0 aromatic carbocycles. The van der Waals surface area contributed by atoms with Crippen LogP contribution >= 0.6 is 0 Å². The fourth-order valence-corrected chi connectivity index (χ4v) is 5.04. The Morgan fingerprint density at radius 2 is 0.833 bits per heavy atom. The van der Waals surface area contributed by atoms with E-state index in [4.69, 9.17) is 14.2 Å². The van der Waals surface area contributed by atoms with E-state index in [9.17, 15) is 14.4 Å². The number of rotatable bonds is 35. The molecular weight excluding hydrogens is 673 g/mol. The van der Waals surface area contributed by atoms with E-state index < -0.39 is 12.1 Å². The summed E-state index contributed by atoms with van der Waals surface area (Å²) in [6.07, 6.45) is 55.3. The Morgan fingerprint density at radius 3 is 1.41 bits per heavy atom. The molecule has 0 bridgehead atoms. The maximum Gasteiger partial charge on any atom is 0.309 e. The molecule has 0 aromatic heterocycles. The summed E-state index contributed by atoms with van der Waals surface area (Å²) in [7, 11) is 0. The van der Waals surface area contributed by atoms with Gasteiger partial charge in [0.2, 0.25) is 0 Å². The minimum absolute atomic E-state index is 0.122. The SMILES string of the molecule is CC\C=C/C=C\C=C/CCCCCCCC(=O)OC(COC(=O)C/C=C\C/C=C\C/C=C\CC)COC(=O)CCCCCC/C=C\C/C=C\C/C=C\CC. The quantitative estimate of drug-likeness (QED) is 0.0211. The second-order valence-electron chi connectivity index (χ2n) is 13.2. The molecule has 0 heterocycles. The highest BCUT2D eigenvalue weighted by Crippen LogP contribution is 2.11. The fraction of sp³-hybridized carbons (Fsp3) is 0.562. The largest absolute Gasteiger partial charge is 0.462 e. The molecule has 6 heteroatoms. The van der Waals surface area contributed by atoms with Crippen molar-refractivity contribution in [3.8, 4) is 0 Å². The number of allylic oxidation sites excluding steroid dienone is 17. The summed E-state index contributed by atoms with van der Waals surface area (Å²) in [5.41, 5.74) is 0. The minimum atomic E-state index is -0.832. The van der Waals surface area contributed by atoms with E-state index >= 15 is 0 Å². The lowest BCUT2D eigenvalue weighted by Gasteiger charge is -2.18. The Labute approximate surface area is 330 Å². The summed E-state index contributed by atoms with van der Waals surface area (Å²) in [4.78, 5) is 37.5. The van der Waals surface area contributed by atoms with Gasteiger partial charge in [-0.05, 0) is 83.5 Å². The van der Waals surface area contributed by atoms with Crippen molar-refractivity contribution in [3.63, 3.8) is 0 Å². The molecule has 0 saturated heterocycles. The summed E-state index contributed by atoms with van der Waals surface area (Å²) in [6, 6.07) is 0. The van der Waals surface area contributed by atoms with E-state index in [1.165, 1.54) is 0 Å². The lowest BCUT2D eigenvalue weighted by Crippen LogP contribution is -2.30. The van der Waals surface area contributed by atoms with Crippen LogP contribution < -0.4 is 0 Å². The van der Waals surface area contributed by atoms with Crippen LogP contribution in [0.1, 0.15) is 156 Å². The first-order valence-corrected chi connectivity index (χ1v) is 20.9. The smallest absolute Gasteiger partial charge is 0.309 e. The molecule has 0 N–H and O–H groups in total. The highest BCUT2D eigenvalue weighted by atomic mass is 16.6. The Hall–Kier alpha value is -3.93. The lowest BCUT2D eigenvalue weighted by molar-refractivity contribution is -0.166. The Kier molecular flexibility index (Phi) is 38.8. The van der Waals surface area contributed by atoms with Gasteiger partial charge < -0.3 is 14.2 Å². The molecule has 0 aliphatic carbocycles. The van der Waals surface area contributed by atoms with Crippen LogP contribution in [-0.4, -0.2) is 37.2 Å². The molecule has 0 aromatic rings. The van der Waals surface area contributed by atoms with Crippen molar-refractivity contribution in [2.75, 3.05) is 13.2 Å². The topological polar surface area (TPSA) is 78.9 Å². The summed E-state index contributed by atoms with van der Waals surface area (Å²) in [5, 5.41) is 0. The molecule has 0 aliphatic heterocycles. The number of hydrogen-bond donors (Lipinski definition) is 0. The Bertz CT molecular complexity index is 1180. The third-order valence-electron chi connectivity index (χ3n) is 8.10. The van der Waals surface area contributed by atoms with Crippen molar-refractivity contribution in [2.45, 2.75) is 162 Å². The van der Waals surface area contributed by atoms with Gasteiger partial charge in [0.25, 0.3) is 0 Å². The molecule has 0 amide bonds. The van der Waals surface area contributed by atoms with E-state index in [0.29, 0.717) is 6.42 Å². The van der Waals surface area contributed by atoms with Crippen LogP contribution in [-0.2, 0) is 28.6 Å². The zero-order valence-electron chi connectivity index (χ0n) is 34.2. The van der Waals surface area contributed by atoms with Crippen molar-refractivity contribution < 1.29 is 28.6 Å².